The quantitative estimate of drug-likeness (QED) is 0.369. The fourth-order valence-electron chi connectivity index (χ4n) is 0. The van der Waals surface area contributed by atoms with Crippen molar-refractivity contribution in [3.63, 3.8) is 0 Å². The molecule has 0 aromatic heterocycles. The summed E-state index contributed by atoms with van der Waals surface area (Å²) in [5.74, 6) is 0. The predicted molar refractivity (Wildman–Crippen MR) is 5.12 cm³/mol. The van der Waals surface area contributed by atoms with Gasteiger partial charge in [0.25, 0.3) is 0 Å². The van der Waals surface area contributed by atoms with Gasteiger partial charge in [0.15, 0.2) is 0 Å². The Labute approximate surface area is 31.6 Å². The Hall–Kier alpha value is 0.264. The summed E-state index contributed by atoms with van der Waals surface area (Å²) in [6, 6.07) is 0. The molecule has 0 radical (unpaired) electrons. The molecule has 0 rings (SSSR count). The molecular formula is H2O4V-. The fourth-order valence-corrected chi connectivity index (χ4v) is 0. The van der Waals surface area contributed by atoms with Crippen molar-refractivity contribution in [1.82, 2.24) is 0 Å². The molecule has 5 heteroatoms. The van der Waals surface area contributed by atoms with Crippen LogP contribution in [0.1, 0.15) is 0 Å². The molecule has 0 aliphatic heterocycles. The molecule has 5 heavy (non-hydrogen) atoms. The topological polar surface area (TPSA) is 80.6 Å². The zero-order valence-electron chi connectivity index (χ0n) is 2.16. The fraction of sp³-hybridized carbons (Fsp3) is 0. The third-order valence-corrected chi connectivity index (χ3v) is 0. The summed E-state index contributed by atoms with van der Waals surface area (Å²) >= 11 is -5.38. The van der Waals surface area contributed by atoms with Crippen molar-refractivity contribution >= 4 is 0 Å². The van der Waals surface area contributed by atoms with Crippen molar-refractivity contribution in [1.29, 1.82) is 0 Å². The van der Waals surface area contributed by atoms with Crippen molar-refractivity contribution in [3.05, 3.63) is 0 Å². The van der Waals surface area contributed by atoms with Crippen molar-refractivity contribution in [3.8, 4) is 0 Å². The van der Waals surface area contributed by atoms with Crippen molar-refractivity contribution in [2.24, 2.45) is 0 Å². The van der Waals surface area contributed by atoms with Crippen molar-refractivity contribution in [2.45, 2.75) is 0 Å². The summed E-state index contributed by atoms with van der Waals surface area (Å²) in [6.45, 7) is 0. The first-order valence-electron chi connectivity index (χ1n) is 0.765. The van der Waals surface area contributed by atoms with E-state index in [4.69, 9.17) is 15.8 Å². The molecule has 0 saturated heterocycles. The zero-order valence-corrected chi connectivity index (χ0v) is 3.55. The molecule has 4 nitrogen and oxygen atoms in total. The first-order valence-corrected chi connectivity index (χ1v) is 3.15. The molecule has 0 spiro atoms. The Bertz CT molecular complexity index is 49.8. The van der Waals surface area contributed by atoms with Crippen LogP contribution in [-0.4, -0.2) is 8.06 Å². The second-order valence-corrected chi connectivity index (χ2v) is 2.02. The van der Waals surface area contributed by atoms with Crippen LogP contribution in [0.3, 0.4) is 0 Å². The van der Waals surface area contributed by atoms with Crippen LogP contribution in [0.15, 0.2) is 0 Å². The Morgan fingerprint density at radius 1 is 1.60 bits per heavy atom. The summed E-state index contributed by atoms with van der Waals surface area (Å²) in [6.07, 6.45) is 0. The van der Waals surface area contributed by atoms with Gasteiger partial charge in [-0.3, -0.25) is 0 Å². The van der Waals surface area contributed by atoms with Gasteiger partial charge in [-0.15, -0.1) is 0 Å². The summed E-state index contributed by atoms with van der Waals surface area (Å²) in [4.78, 5) is 0. The van der Waals surface area contributed by atoms with Gasteiger partial charge in [-0.05, 0) is 0 Å². The van der Waals surface area contributed by atoms with Crippen LogP contribution >= 0.6 is 0 Å². The predicted octanol–water partition coefficient (Wildman–Crippen LogP) is -2.42. The molecule has 0 aliphatic rings. The number of hydrogen-bond donors (Lipinski definition) is 2. The Morgan fingerprint density at radius 3 is 1.60 bits per heavy atom. The monoisotopic (exact) mass is 117 g/mol. The molecule has 0 atom stereocenters. The summed E-state index contributed by atoms with van der Waals surface area (Å²) < 4.78 is 31.9. The van der Waals surface area contributed by atoms with Crippen molar-refractivity contribution in [2.75, 3.05) is 0 Å². The Kier molecular flexibility index (Phi) is 1.22. The van der Waals surface area contributed by atoms with Crippen LogP contribution in [0.25, 0.3) is 0 Å². The molecule has 0 aromatic rings. The summed E-state index contributed by atoms with van der Waals surface area (Å²) in [5.41, 5.74) is 0. The van der Waals surface area contributed by atoms with E-state index in [1.165, 1.54) is 0 Å². The van der Waals surface area contributed by atoms with Crippen LogP contribution < -0.4 is 4.03 Å². The van der Waals surface area contributed by atoms with Crippen molar-refractivity contribution < 1.29 is 30.8 Å². The van der Waals surface area contributed by atoms with Gasteiger partial charge in [0.1, 0.15) is 0 Å². The second kappa shape index (κ2) is 1.16. The van der Waals surface area contributed by atoms with Gasteiger partial charge in [0, 0.05) is 0 Å². The average Bonchev–Trinajstić information content (AvgIpc) is 0.722. The molecule has 0 bridgehead atoms. The molecule has 2 N–H and O–H groups in total. The zero-order chi connectivity index (χ0) is 4.50. The normalized spacial score (nSPS) is 11.8. The van der Waals surface area contributed by atoms with Gasteiger partial charge in [-0.2, -0.15) is 0 Å². The molecule has 0 aliphatic carbocycles. The van der Waals surface area contributed by atoms with E-state index in [0.717, 1.165) is 0 Å². The standard InChI is InChI=1S/2H2O.2O.V/h2*1H2;;;/q;;;-1;+2/p-2. The number of rotatable bonds is 0. The van der Waals surface area contributed by atoms with Gasteiger partial charge in [-0.1, -0.05) is 0 Å². The minimum atomic E-state index is -5.38. The Balaban J connectivity index is 3.47. The first-order chi connectivity index (χ1) is 2.00. The summed E-state index contributed by atoms with van der Waals surface area (Å²) in [5, 5.41) is 0. The van der Waals surface area contributed by atoms with E-state index in [0.29, 0.717) is 0 Å². The van der Waals surface area contributed by atoms with E-state index in [2.05, 4.69) is 0 Å². The summed E-state index contributed by atoms with van der Waals surface area (Å²) in [7, 11) is 0. The van der Waals surface area contributed by atoms with E-state index < -0.39 is 15.0 Å². The van der Waals surface area contributed by atoms with Crippen LogP contribution in [0, 0.1) is 0 Å². The molecule has 0 aromatic carbocycles. The maximum atomic E-state index is 8.83. The average molecular weight is 117 g/mol. The van der Waals surface area contributed by atoms with Crippen LogP contribution in [0.2, 0.25) is 0 Å². The molecular weight excluding hydrogens is 115 g/mol. The Morgan fingerprint density at radius 2 is 1.60 bits per heavy atom. The SMILES string of the molecule is [O]=[V]([O-])([OH])[OH]. The minimum absolute atomic E-state index is 5.38. The molecule has 0 fully saturated rings. The van der Waals surface area contributed by atoms with Crippen LogP contribution in [0.4, 0.5) is 0 Å². The molecule has 0 saturated carbocycles. The molecule has 0 heterocycles. The van der Waals surface area contributed by atoms with E-state index >= 15 is 0 Å². The van der Waals surface area contributed by atoms with Gasteiger partial charge in [0.05, 0.1) is 0 Å². The van der Waals surface area contributed by atoms with Gasteiger partial charge in [0.2, 0.25) is 0 Å². The maximum absolute atomic E-state index is 8.83. The molecule has 0 amide bonds. The van der Waals surface area contributed by atoms with Crippen LogP contribution in [-0.2, 0) is 18.7 Å². The van der Waals surface area contributed by atoms with E-state index in [1.807, 2.05) is 0 Å². The third-order valence-electron chi connectivity index (χ3n) is 0. The van der Waals surface area contributed by atoms with E-state index in [9.17, 15) is 0 Å². The number of hydrogen-bond acceptors (Lipinski definition) is 2. The van der Waals surface area contributed by atoms with Gasteiger partial charge >= 0.3 is 30.8 Å². The third kappa shape index (κ3) is 313. The first kappa shape index (κ1) is 5.26. The van der Waals surface area contributed by atoms with Crippen LogP contribution in [0.5, 0.6) is 0 Å². The second-order valence-electron chi connectivity index (χ2n) is 0.491. The van der Waals surface area contributed by atoms with E-state index in [-0.39, 0.29) is 0 Å². The molecule has 0 unspecified atom stereocenters. The van der Waals surface area contributed by atoms with E-state index in [1.54, 1.807) is 0 Å². The molecule has 32 valence electrons. The van der Waals surface area contributed by atoms with Gasteiger partial charge in [-0.25, -0.2) is 0 Å². The van der Waals surface area contributed by atoms with Gasteiger partial charge < -0.3 is 0 Å².